The number of hydrogen-bond donors (Lipinski definition) is 0. The first-order valence-electron chi connectivity index (χ1n) is 8.40. The van der Waals surface area contributed by atoms with Crippen LogP contribution < -0.4 is 4.80 Å². The van der Waals surface area contributed by atoms with Crippen LogP contribution in [0.2, 0.25) is 0 Å². The maximum absolute atomic E-state index is 12.6. The lowest BCUT2D eigenvalue weighted by Gasteiger charge is -2.05. The minimum atomic E-state index is -0.351. The van der Waals surface area contributed by atoms with E-state index in [9.17, 15) is 9.59 Å². The second-order valence-corrected chi connectivity index (χ2v) is 6.97. The molecular weight excluding hydrogens is 348 g/mol. The molecule has 0 atom stereocenters. The summed E-state index contributed by atoms with van der Waals surface area (Å²) in [6.07, 6.45) is 0. The number of para-hydroxylation sites is 1. The van der Waals surface area contributed by atoms with Gasteiger partial charge < -0.3 is 9.30 Å². The number of carbonyl (C=O) groups is 2. The second kappa shape index (κ2) is 7.66. The molecule has 26 heavy (non-hydrogen) atoms. The topological polar surface area (TPSA) is 60.7 Å². The van der Waals surface area contributed by atoms with E-state index < -0.39 is 0 Å². The average molecular weight is 368 g/mol. The summed E-state index contributed by atoms with van der Waals surface area (Å²) in [4.78, 5) is 29.4. The number of nitrogens with zero attached hydrogens (tertiary/aromatic N) is 2. The first-order chi connectivity index (χ1) is 12.5. The summed E-state index contributed by atoms with van der Waals surface area (Å²) in [5, 5.41) is 0. The SMILES string of the molecule is CCOC(=O)Cn1c(=NC(=O)c2ccc(C)c(C)c2)sc2ccccc21. The van der Waals surface area contributed by atoms with Crippen LogP contribution in [-0.4, -0.2) is 23.1 Å². The van der Waals surface area contributed by atoms with Crippen molar-refractivity contribution in [3.05, 3.63) is 64.0 Å². The molecule has 5 nitrogen and oxygen atoms in total. The van der Waals surface area contributed by atoms with Crippen molar-refractivity contribution >= 4 is 33.4 Å². The van der Waals surface area contributed by atoms with Crippen LogP contribution in [0.15, 0.2) is 47.5 Å². The van der Waals surface area contributed by atoms with Gasteiger partial charge >= 0.3 is 5.97 Å². The molecule has 1 heterocycles. The van der Waals surface area contributed by atoms with Gasteiger partial charge in [0.05, 0.1) is 16.8 Å². The molecule has 0 saturated heterocycles. The highest BCUT2D eigenvalue weighted by Gasteiger charge is 2.13. The normalized spacial score (nSPS) is 11.7. The number of hydrogen-bond acceptors (Lipinski definition) is 4. The summed E-state index contributed by atoms with van der Waals surface area (Å²) < 4.78 is 7.75. The van der Waals surface area contributed by atoms with Crippen LogP contribution >= 0.6 is 11.3 Å². The lowest BCUT2D eigenvalue weighted by Crippen LogP contribution is -2.23. The monoisotopic (exact) mass is 368 g/mol. The number of aryl methyl sites for hydroxylation is 2. The smallest absolute Gasteiger partial charge is 0.326 e. The van der Waals surface area contributed by atoms with Gasteiger partial charge in [0, 0.05) is 5.56 Å². The standard InChI is InChI=1S/C20H20N2O3S/c1-4-25-18(23)12-22-16-7-5-6-8-17(16)26-20(22)21-19(24)15-10-9-13(2)14(3)11-15/h5-11H,4,12H2,1-3H3. The van der Waals surface area contributed by atoms with E-state index in [4.69, 9.17) is 4.74 Å². The number of amides is 1. The molecule has 0 radical (unpaired) electrons. The Balaban J connectivity index is 2.07. The van der Waals surface area contributed by atoms with Crippen LogP contribution in [0.4, 0.5) is 0 Å². The summed E-state index contributed by atoms with van der Waals surface area (Å²) >= 11 is 1.38. The minimum Gasteiger partial charge on any atom is -0.465 e. The Kier molecular flexibility index (Phi) is 5.32. The first-order valence-corrected chi connectivity index (χ1v) is 9.21. The molecule has 0 unspecified atom stereocenters. The van der Waals surface area contributed by atoms with E-state index in [2.05, 4.69) is 4.99 Å². The summed E-state index contributed by atoms with van der Waals surface area (Å²) in [6.45, 7) is 6.07. The van der Waals surface area contributed by atoms with Gasteiger partial charge in [0.15, 0.2) is 4.80 Å². The molecular formula is C20H20N2O3S. The molecule has 0 fully saturated rings. The van der Waals surface area contributed by atoms with Crippen LogP contribution in [0.5, 0.6) is 0 Å². The summed E-state index contributed by atoms with van der Waals surface area (Å²) in [5.74, 6) is -0.673. The highest BCUT2D eigenvalue weighted by Crippen LogP contribution is 2.17. The fourth-order valence-electron chi connectivity index (χ4n) is 2.62. The minimum absolute atomic E-state index is 0.0247. The largest absolute Gasteiger partial charge is 0.465 e. The highest BCUT2D eigenvalue weighted by atomic mass is 32.1. The third-order valence-electron chi connectivity index (χ3n) is 4.13. The number of thiazole rings is 1. The maximum atomic E-state index is 12.6. The van der Waals surface area contributed by atoms with Gasteiger partial charge in [0.2, 0.25) is 0 Å². The van der Waals surface area contributed by atoms with Gasteiger partial charge in [-0.1, -0.05) is 29.5 Å². The van der Waals surface area contributed by atoms with Crippen LogP contribution in [-0.2, 0) is 16.1 Å². The molecule has 0 N–H and O–H groups in total. The maximum Gasteiger partial charge on any atom is 0.326 e. The van der Waals surface area contributed by atoms with Crippen LogP contribution in [0, 0.1) is 13.8 Å². The van der Waals surface area contributed by atoms with Crippen molar-refractivity contribution in [2.24, 2.45) is 4.99 Å². The molecule has 134 valence electrons. The van der Waals surface area contributed by atoms with E-state index in [1.165, 1.54) is 11.3 Å². The van der Waals surface area contributed by atoms with Gasteiger partial charge in [0.1, 0.15) is 6.54 Å². The molecule has 1 aromatic heterocycles. The Labute approximate surface area is 155 Å². The van der Waals surface area contributed by atoms with Crippen LogP contribution in [0.25, 0.3) is 10.2 Å². The Morgan fingerprint density at radius 1 is 1.12 bits per heavy atom. The van der Waals surface area contributed by atoms with Crippen molar-refractivity contribution in [1.29, 1.82) is 0 Å². The Morgan fingerprint density at radius 3 is 2.62 bits per heavy atom. The zero-order chi connectivity index (χ0) is 18.7. The van der Waals surface area contributed by atoms with Crippen molar-refractivity contribution in [2.45, 2.75) is 27.3 Å². The lowest BCUT2D eigenvalue weighted by molar-refractivity contribution is -0.143. The molecule has 6 heteroatoms. The molecule has 3 aromatic rings. The molecule has 0 aliphatic carbocycles. The van der Waals surface area contributed by atoms with Gasteiger partial charge in [-0.3, -0.25) is 9.59 Å². The zero-order valence-corrected chi connectivity index (χ0v) is 15.8. The van der Waals surface area contributed by atoms with Crippen molar-refractivity contribution in [1.82, 2.24) is 4.57 Å². The fourth-order valence-corrected chi connectivity index (χ4v) is 3.65. The summed E-state index contributed by atoms with van der Waals surface area (Å²) in [5.41, 5.74) is 3.56. The predicted molar refractivity (Wildman–Crippen MR) is 102 cm³/mol. The molecule has 2 aromatic carbocycles. The quantitative estimate of drug-likeness (QED) is 0.661. The molecule has 0 bridgehead atoms. The summed E-state index contributed by atoms with van der Waals surface area (Å²) in [7, 11) is 0. The number of fused-ring (bicyclic) bond motifs is 1. The van der Waals surface area contributed by atoms with Crippen molar-refractivity contribution < 1.29 is 14.3 Å². The second-order valence-electron chi connectivity index (χ2n) is 5.96. The Hall–Kier alpha value is -2.73. The zero-order valence-electron chi connectivity index (χ0n) is 15.0. The van der Waals surface area contributed by atoms with Crippen LogP contribution in [0.3, 0.4) is 0 Å². The van der Waals surface area contributed by atoms with Gasteiger partial charge in [0.25, 0.3) is 5.91 Å². The first kappa shape index (κ1) is 18.1. The highest BCUT2D eigenvalue weighted by molar-refractivity contribution is 7.16. The van der Waals surface area contributed by atoms with E-state index in [0.29, 0.717) is 17.0 Å². The van der Waals surface area contributed by atoms with E-state index in [1.54, 1.807) is 17.6 Å². The Bertz CT molecular complexity index is 1050. The summed E-state index contributed by atoms with van der Waals surface area (Å²) in [6, 6.07) is 13.2. The Morgan fingerprint density at radius 2 is 1.88 bits per heavy atom. The number of rotatable bonds is 4. The number of ether oxygens (including phenoxy) is 1. The van der Waals surface area contributed by atoms with Crippen molar-refractivity contribution in [2.75, 3.05) is 6.61 Å². The van der Waals surface area contributed by atoms with E-state index in [1.807, 2.05) is 50.2 Å². The molecule has 3 rings (SSSR count). The van der Waals surface area contributed by atoms with Crippen molar-refractivity contribution in [3.63, 3.8) is 0 Å². The number of aromatic nitrogens is 1. The third kappa shape index (κ3) is 3.75. The number of benzene rings is 2. The van der Waals surface area contributed by atoms with Gasteiger partial charge in [-0.15, -0.1) is 0 Å². The van der Waals surface area contributed by atoms with Gasteiger partial charge in [-0.05, 0) is 56.2 Å². The third-order valence-corrected chi connectivity index (χ3v) is 5.19. The fraction of sp³-hybridized carbons (Fsp3) is 0.250. The van der Waals surface area contributed by atoms with Gasteiger partial charge in [-0.2, -0.15) is 4.99 Å². The number of carbonyl (C=O) groups excluding carboxylic acids is 2. The van der Waals surface area contributed by atoms with Crippen LogP contribution in [0.1, 0.15) is 28.4 Å². The van der Waals surface area contributed by atoms with E-state index in [0.717, 1.165) is 21.3 Å². The van der Waals surface area contributed by atoms with Gasteiger partial charge in [-0.25, -0.2) is 0 Å². The molecule has 0 spiro atoms. The predicted octanol–water partition coefficient (Wildman–Crippen LogP) is 3.62. The molecule has 0 aliphatic heterocycles. The van der Waals surface area contributed by atoms with E-state index >= 15 is 0 Å². The average Bonchev–Trinajstić information content (AvgIpc) is 2.95. The van der Waals surface area contributed by atoms with Crippen molar-refractivity contribution in [3.8, 4) is 0 Å². The number of esters is 1. The lowest BCUT2D eigenvalue weighted by atomic mass is 10.1. The molecule has 0 saturated carbocycles. The molecule has 1 amide bonds. The van der Waals surface area contributed by atoms with E-state index in [-0.39, 0.29) is 18.4 Å². The molecule has 0 aliphatic rings.